The Kier molecular flexibility index (Phi) is 5.64. The molecular weight excluding hydrogens is 264 g/mol. The molecule has 0 aliphatic carbocycles. The quantitative estimate of drug-likeness (QED) is 0.736. The van der Waals surface area contributed by atoms with Crippen LogP contribution in [0.25, 0.3) is 0 Å². The molecule has 0 saturated carbocycles. The van der Waals surface area contributed by atoms with Gasteiger partial charge in [-0.3, -0.25) is 0 Å². The van der Waals surface area contributed by atoms with Crippen LogP contribution in [0, 0.1) is 11.6 Å². The zero-order valence-electron chi connectivity index (χ0n) is 9.70. The van der Waals surface area contributed by atoms with Gasteiger partial charge in [-0.25, -0.2) is 21.9 Å². The Morgan fingerprint density at radius 2 is 1.94 bits per heavy atom. The maximum Gasteiger partial charge on any atom is 0.211 e. The number of hydrogen-bond donors (Lipinski definition) is 2. The van der Waals surface area contributed by atoms with Gasteiger partial charge in [-0.1, -0.05) is 0 Å². The SMILES string of the molecule is O=S(=O)(CCCCO)NCc1cc(F)ccc1F. The molecule has 0 atom stereocenters. The number of sulfonamides is 1. The molecule has 0 aliphatic heterocycles. The number of unbranched alkanes of at least 4 members (excludes halogenated alkanes) is 1. The topological polar surface area (TPSA) is 66.4 Å². The molecule has 1 aromatic rings. The van der Waals surface area contributed by atoms with E-state index in [2.05, 4.69) is 4.72 Å². The average Bonchev–Trinajstić information content (AvgIpc) is 2.31. The molecule has 0 radical (unpaired) electrons. The van der Waals surface area contributed by atoms with E-state index in [1.807, 2.05) is 0 Å². The van der Waals surface area contributed by atoms with Gasteiger partial charge in [-0.15, -0.1) is 0 Å². The van der Waals surface area contributed by atoms with E-state index in [-0.39, 0.29) is 24.5 Å². The van der Waals surface area contributed by atoms with Gasteiger partial charge < -0.3 is 5.11 Å². The lowest BCUT2D eigenvalue weighted by atomic mass is 10.2. The van der Waals surface area contributed by atoms with Gasteiger partial charge in [-0.05, 0) is 31.0 Å². The number of halogens is 2. The molecule has 102 valence electrons. The standard InChI is InChI=1S/C11H15F2NO3S/c12-10-3-4-11(13)9(7-10)8-14-18(16,17)6-2-1-5-15/h3-4,7,14-15H,1-2,5-6,8H2. The lowest BCUT2D eigenvalue weighted by Crippen LogP contribution is -2.26. The fraction of sp³-hybridized carbons (Fsp3) is 0.455. The number of rotatable bonds is 7. The number of aliphatic hydroxyl groups is 1. The van der Waals surface area contributed by atoms with Crippen LogP contribution in [0.2, 0.25) is 0 Å². The Labute approximate surface area is 105 Å². The summed E-state index contributed by atoms with van der Waals surface area (Å²) >= 11 is 0. The first-order valence-corrected chi connectivity index (χ1v) is 7.12. The van der Waals surface area contributed by atoms with Crippen molar-refractivity contribution in [2.45, 2.75) is 19.4 Å². The smallest absolute Gasteiger partial charge is 0.211 e. The van der Waals surface area contributed by atoms with Gasteiger partial charge in [0, 0.05) is 18.7 Å². The summed E-state index contributed by atoms with van der Waals surface area (Å²) in [6.45, 7) is -0.362. The maximum absolute atomic E-state index is 13.2. The van der Waals surface area contributed by atoms with Crippen LogP contribution < -0.4 is 4.72 Å². The minimum Gasteiger partial charge on any atom is -0.396 e. The fourth-order valence-corrected chi connectivity index (χ4v) is 2.45. The van der Waals surface area contributed by atoms with Gasteiger partial charge in [-0.2, -0.15) is 0 Å². The van der Waals surface area contributed by atoms with E-state index >= 15 is 0 Å². The maximum atomic E-state index is 13.2. The molecular formula is C11H15F2NO3S. The van der Waals surface area contributed by atoms with Gasteiger partial charge in [0.1, 0.15) is 11.6 Å². The molecule has 0 heterocycles. The fourth-order valence-electron chi connectivity index (χ4n) is 1.34. The molecule has 18 heavy (non-hydrogen) atoms. The number of benzene rings is 1. The zero-order valence-corrected chi connectivity index (χ0v) is 10.5. The molecule has 4 nitrogen and oxygen atoms in total. The highest BCUT2D eigenvalue weighted by atomic mass is 32.2. The van der Waals surface area contributed by atoms with Crippen molar-refractivity contribution < 1.29 is 22.3 Å². The van der Waals surface area contributed by atoms with E-state index in [0.717, 1.165) is 18.2 Å². The van der Waals surface area contributed by atoms with Crippen LogP contribution >= 0.6 is 0 Å². The predicted octanol–water partition coefficient (Wildman–Crippen LogP) is 1.16. The zero-order chi connectivity index (χ0) is 13.6. The van der Waals surface area contributed by atoms with E-state index in [0.29, 0.717) is 12.8 Å². The summed E-state index contributed by atoms with van der Waals surface area (Å²) in [6.07, 6.45) is 0.701. The third-order valence-corrected chi connectivity index (χ3v) is 3.72. The lowest BCUT2D eigenvalue weighted by Gasteiger charge is -2.07. The summed E-state index contributed by atoms with van der Waals surface area (Å²) in [6, 6.07) is 2.87. The average molecular weight is 279 g/mol. The van der Waals surface area contributed by atoms with Crippen molar-refractivity contribution in [3.8, 4) is 0 Å². The van der Waals surface area contributed by atoms with Crippen molar-refractivity contribution in [1.82, 2.24) is 4.72 Å². The number of nitrogens with one attached hydrogen (secondary N) is 1. The molecule has 0 bridgehead atoms. The van der Waals surface area contributed by atoms with E-state index in [4.69, 9.17) is 5.11 Å². The highest BCUT2D eigenvalue weighted by molar-refractivity contribution is 7.89. The Morgan fingerprint density at radius 3 is 2.61 bits per heavy atom. The van der Waals surface area contributed by atoms with Crippen molar-refractivity contribution in [1.29, 1.82) is 0 Å². The molecule has 1 aromatic carbocycles. The van der Waals surface area contributed by atoms with E-state index in [1.54, 1.807) is 0 Å². The summed E-state index contributed by atoms with van der Waals surface area (Å²) in [7, 11) is -3.53. The molecule has 0 saturated heterocycles. The van der Waals surface area contributed by atoms with Crippen molar-refractivity contribution in [2.24, 2.45) is 0 Å². The van der Waals surface area contributed by atoms with Crippen LogP contribution in [0.15, 0.2) is 18.2 Å². The first-order valence-electron chi connectivity index (χ1n) is 5.47. The monoisotopic (exact) mass is 279 g/mol. The Hall–Kier alpha value is -1.05. The second-order valence-electron chi connectivity index (χ2n) is 3.81. The summed E-state index contributed by atoms with van der Waals surface area (Å²) in [4.78, 5) is 0. The van der Waals surface area contributed by atoms with Crippen LogP contribution in [0.3, 0.4) is 0 Å². The summed E-state index contributed by atoms with van der Waals surface area (Å²) in [5, 5.41) is 8.53. The number of aliphatic hydroxyl groups excluding tert-OH is 1. The number of hydrogen-bond acceptors (Lipinski definition) is 3. The van der Waals surface area contributed by atoms with Crippen LogP contribution in [0.1, 0.15) is 18.4 Å². The van der Waals surface area contributed by atoms with Crippen LogP contribution in [-0.4, -0.2) is 25.9 Å². The van der Waals surface area contributed by atoms with Gasteiger partial charge in [0.25, 0.3) is 0 Å². The molecule has 1 rings (SSSR count). The van der Waals surface area contributed by atoms with Crippen LogP contribution in [0.4, 0.5) is 8.78 Å². The Balaban J connectivity index is 2.56. The van der Waals surface area contributed by atoms with Crippen LogP contribution in [-0.2, 0) is 16.6 Å². The minimum absolute atomic E-state index is 0.0410. The van der Waals surface area contributed by atoms with Crippen molar-refractivity contribution in [3.05, 3.63) is 35.4 Å². The highest BCUT2D eigenvalue weighted by Crippen LogP contribution is 2.09. The van der Waals surface area contributed by atoms with Gasteiger partial charge in [0.2, 0.25) is 10.0 Å². The molecule has 0 unspecified atom stereocenters. The third kappa shape index (κ3) is 5.07. The summed E-state index contributed by atoms with van der Waals surface area (Å²) in [5.74, 6) is -1.43. The highest BCUT2D eigenvalue weighted by Gasteiger charge is 2.11. The largest absolute Gasteiger partial charge is 0.396 e. The molecule has 2 N–H and O–H groups in total. The molecule has 0 spiro atoms. The predicted molar refractivity (Wildman–Crippen MR) is 63.3 cm³/mol. The molecule has 0 aromatic heterocycles. The first kappa shape index (κ1) is 15.0. The van der Waals surface area contributed by atoms with E-state index in [9.17, 15) is 17.2 Å². The molecule has 0 fully saturated rings. The molecule has 7 heteroatoms. The Morgan fingerprint density at radius 1 is 1.22 bits per heavy atom. The summed E-state index contributed by atoms with van der Waals surface area (Å²) < 4.78 is 51.2. The van der Waals surface area contributed by atoms with Crippen molar-refractivity contribution >= 4 is 10.0 Å². The van der Waals surface area contributed by atoms with Crippen molar-refractivity contribution in [3.63, 3.8) is 0 Å². The van der Waals surface area contributed by atoms with Gasteiger partial charge >= 0.3 is 0 Å². The van der Waals surface area contributed by atoms with E-state index < -0.39 is 21.7 Å². The van der Waals surface area contributed by atoms with Gasteiger partial charge in [0.15, 0.2) is 0 Å². The normalized spacial score (nSPS) is 11.7. The molecule has 0 aliphatic rings. The van der Waals surface area contributed by atoms with E-state index in [1.165, 1.54) is 0 Å². The van der Waals surface area contributed by atoms with Gasteiger partial charge in [0.05, 0.1) is 5.75 Å². The van der Waals surface area contributed by atoms with Crippen LogP contribution in [0.5, 0.6) is 0 Å². The minimum atomic E-state index is -3.53. The third-order valence-electron chi connectivity index (χ3n) is 2.31. The van der Waals surface area contributed by atoms with Crippen molar-refractivity contribution in [2.75, 3.05) is 12.4 Å². The molecule has 0 amide bonds. The lowest BCUT2D eigenvalue weighted by molar-refractivity contribution is 0.287. The summed E-state index contributed by atoms with van der Waals surface area (Å²) in [5.41, 5.74) is -0.0410. The second-order valence-corrected chi connectivity index (χ2v) is 5.73. The first-order chi connectivity index (χ1) is 8.44. The Bertz CT molecular complexity index is 491. The second kappa shape index (κ2) is 6.77.